The molecule has 456 valence electrons. The maximum atomic E-state index is 14.0. The third-order valence-corrected chi connectivity index (χ3v) is 17.2. The number of anilines is 2. The average Bonchev–Trinajstić information content (AvgIpc) is 2.12. The first-order valence-corrected chi connectivity index (χ1v) is 30.2. The number of methoxy groups -OCH3 is 4. The summed E-state index contributed by atoms with van der Waals surface area (Å²) in [6.45, 7) is 5.14. The molecule has 6 aromatic carbocycles. The summed E-state index contributed by atoms with van der Waals surface area (Å²) in [4.78, 5) is 36.1. The van der Waals surface area contributed by atoms with Gasteiger partial charge in [0.2, 0.25) is 0 Å². The van der Waals surface area contributed by atoms with Gasteiger partial charge in [0.1, 0.15) is 23.3 Å². The molecule has 0 aliphatic carbocycles. The summed E-state index contributed by atoms with van der Waals surface area (Å²) in [5, 5.41) is 16.5. The molecule has 2 atom stereocenters. The molecule has 2 amide bonds. The number of carbonyl (C=O) groups excluding carboxylic acids is 2. The average molecular weight is 1240 g/mol. The summed E-state index contributed by atoms with van der Waals surface area (Å²) in [5.41, 5.74) is 7.90. The second kappa shape index (κ2) is 31.0. The van der Waals surface area contributed by atoms with Gasteiger partial charge in [0.15, 0.2) is 23.0 Å². The van der Waals surface area contributed by atoms with E-state index in [9.17, 15) is 32.3 Å². The van der Waals surface area contributed by atoms with E-state index in [0.717, 1.165) is 90.9 Å². The second-order valence-corrected chi connectivity index (χ2v) is 22.0. The number of benzene rings is 6. The Morgan fingerprint density at radius 2 is 0.953 bits per heavy atom. The molecule has 4 aliphatic rings. The van der Waals surface area contributed by atoms with Crippen LogP contribution in [-0.2, 0) is 29.8 Å². The molecular weight excluding hydrogens is 1160 g/mol. The molecule has 4 heterocycles. The molecule has 6 aromatic rings. The lowest BCUT2D eigenvalue weighted by Crippen LogP contribution is -2.41. The Morgan fingerprint density at radius 1 is 0.553 bits per heavy atom. The van der Waals surface area contributed by atoms with E-state index in [1.807, 2.05) is 84.6 Å². The van der Waals surface area contributed by atoms with E-state index in [4.69, 9.17) is 23.7 Å². The van der Waals surface area contributed by atoms with Gasteiger partial charge in [-0.3, -0.25) is 9.59 Å². The molecule has 0 aromatic heterocycles. The van der Waals surface area contributed by atoms with Gasteiger partial charge in [0.25, 0.3) is 11.8 Å². The quantitative estimate of drug-likeness (QED) is 0.0339. The fraction of sp³-hybridized carbons (Fsp3) is 0.424. The minimum Gasteiger partial charge on any atom is -0.493 e. The zero-order valence-electron chi connectivity index (χ0n) is 49.4. The highest BCUT2D eigenvalue weighted by Crippen LogP contribution is 2.43. The number of hydrogen-bond donors (Lipinski definition) is 3. The largest absolute Gasteiger partial charge is 0.493 e. The number of hydrogen-bond acceptors (Lipinski definition) is 12. The smallest absolute Gasteiger partial charge is 0.255 e. The number of halogens is 5. The topological polar surface area (TPSA) is 138 Å². The molecule has 2 saturated heterocycles. The zero-order chi connectivity index (χ0) is 60.6. The van der Waals surface area contributed by atoms with E-state index in [1.165, 1.54) is 42.1 Å². The molecule has 3 N–H and O–H groups in total. The van der Waals surface area contributed by atoms with Crippen LogP contribution in [0.1, 0.15) is 118 Å². The van der Waals surface area contributed by atoms with Crippen LogP contribution in [0, 0.1) is 23.3 Å². The molecular formula is C66H79BrF4N6O8. The van der Waals surface area contributed by atoms with Gasteiger partial charge in [-0.2, -0.15) is 0 Å². The molecule has 19 heteroatoms. The fourth-order valence-corrected chi connectivity index (χ4v) is 12.4. The molecule has 0 spiro atoms. The highest BCUT2D eigenvalue weighted by Gasteiger charge is 2.38. The summed E-state index contributed by atoms with van der Waals surface area (Å²) in [7, 11) is 10.4. The SMILES string of the molecule is CNC1CCN(c2cccc3c2CN([C@H](CCCO)c2ccc(OC)c(OC)c2)C3=O)CC1.CNC1CCN(c2cccc3c2CN([C@H](CCCOCc2c(F)cccc2F)c2ccc(OC)c(OC)c2)C3=O)CC1.Fc1cccc(F)c1CBr. The predicted octanol–water partition coefficient (Wildman–Crippen LogP) is 12.1. The van der Waals surface area contributed by atoms with Gasteiger partial charge in [-0.1, -0.05) is 52.3 Å². The highest BCUT2D eigenvalue weighted by atomic mass is 79.9. The Morgan fingerprint density at radius 3 is 1.33 bits per heavy atom. The Balaban J connectivity index is 0.000000194. The number of carbonyl (C=O) groups is 2. The van der Waals surface area contributed by atoms with Crippen molar-refractivity contribution in [1.82, 2.24) is 20.4 Å². The van der Waals surface area contributed by atoms with Crippen LogP contribution >= 0.6 is 15.9 Å². The number of alkyl halides is 1. The predicted molar refractivity (Wildman–Crippen MR) is 326 cm³/mol. The lowest BCUT2D eigenvalue weighted by molar-refractivity contribution is 0.0656. The van der Waals surface area contributed by atoms with Crippen LogP contribution in [0.3, 0.4) is 0 Å². The van der Waals surface area contributed by atoms with Crippen LogP contribution in [0.2, 0.25) is 0 Å². The maximum Gasteiger partial charge on any atom is 0.255 e. The minimum absolute atomic E-state index is 0.00825. The molecule has 0 bridgehead atoms. The van der Waals surface area contributed by atoms with Gasteiger partial charge in [-0.05, 0) is 149 Å². The van der Waals surface area contributed by atoms with Crippen LogP contribution in [0.4, 0.5) is 28.9 Å². The van der Waals surface area contributed by atoms with E-state index >= 15 is 0 Å². The number of amides is 2. The van der Waals surface area contributed by atoms with Crippen molar-refractivity contribution in [2.24, 2.45) is 0 Å². The Kier molecular flexibility index (Phi) is 23.3. The van der Waals surface area contributed by atoms with E-state index in [0.29, 0.717) is 73.9 Å². The zero-order valence-corrected chi connectivity index (χ0v) is 51.0. The number of rotatable bonds is 22. The van der Waals surface area contributed by atoms with Crippen LogP contribution in [0.15, 0.2) is 109 Å². The van der Waals surface area contributed by atoms with Crippen molar-refractivity contribution in [1.29, 1.82) is 0 Å². The van der Waals surface area contributed by atoms with Crippen molar-refractivity contribution in [2.75, 3.05) is 91.7 Å². The molecule has 0 radical (unpaired) electrons. The third kappa shape index (κ3) is 15.2. The number of ether oxygens (including phenoxy) is 5. The van der Waals surface area contributed by atoms with Crippen molar-refractivity contribution < 1.29 is 55.9 Å². The third-order valence-electron chi connectivity index (χ3n) is 16.7. The summed E-state index contributed by atoms with van der Waals surface area (Å²) >= 11 is 2.98. The molecule has 0 unspecified atom stereocenters. The van der Waals surface area contributed by atoms with Crippen molar-refractivity contribution >= 4 is 39.1 Å². The number of aliphatic hydroxyl groups is 1. The highest BCUT2D eigenvalue weighted by molar-refractivity contribution is 9.08. The molecule has 2 fully saturated rings. The first kappa shape index (κ1) is 64.1. The van der Waals surface area contributed by atoms with Crippen LogP contribution < -0.4 is 39.4 Å². The summed E-state index contributed by atoms with van der Waals surface area (Å²) in [6.07, 6.45) is 6.78. The van der Waals surface area contributed by atoms with Crippen LogP contribution in [-0.4, -0.2) is 121 Å². The molecule has 0 saturated carbocycles. The van der Waals surface area contributed by atoms with E-state index in [-0.39, 0.29) is 60.2 Å². The van der Waals surface area contributed by atoms with Gasteiger partial charge in [-0.15, -0.1) is 0 Å². The van der Waals surface area contributed by atoms with Crippen molar-refractivity contribution in [3.63, 3.8) is 0 Å². The first-order valence-electron chi connectivity index (χ1n) is 29.1. The minimum atomic E-state index is -0.621. The van der Waals surface area contributed by atoms with Gasteiger partial charge >= 0.3 is 0 Å². The molecule has 14 nitrogen and oxygen atoms in total. The summed E-state index contributed by atoms with van der Waals surface area (Å²) in [5.74, 6) is 0.289. The summed E-state index contributed by atoms with van der Waals surface area (Å²) < 4.78 is 80.8. The number of fused-ring (bicyclic) bond motifs is 2. The van der Waals surface area contributed by atoms with Crippen LogP contribution in [0.5, 0.6) is 23.0 Å². The van der Waals surface area contributed by atoms with E-state index < -0.39 is 23.3 Å². The monoisotopic (exact) mass is 1240 g/mol. The van der Waals surface area contributed by atoms with Gasteiger partial charge < -0.3 is 59.0 Å². The molecule has 10 rings (SSSR count). The standard InChI is InChI=1S/C33H39F2N3O4.C26H35N3O4.C7H5BrF2/c1-36-23-14-16-37(17-15-23)30-10-4-7-24-25(30)20-38(33(24)39)29(22-12-13-31(40-2)32(19-22)41-3)11-6-18-42-21-26-27(34)8-5-9-28(26)35;1-27-19-11-13-28(14-12-19)23-7-4-6-20-21(23)17-29(26(20)31)22(8-5-15-30)18-9-10-24(32-2)25(16-18)33-3;8-4-5-6(9)2-1-3-7(5)10/h4-5,7-10,12-13,19,23,29,36H,6,11,14-18,20-21H2,1-3H3;4,6-7,9-10,16,19,22,27,30H,5,8,11-15,17H2,1-3H3;1-3H,4H2/t29-;22-;/m11./s1. The van der Waals surface area contributed by atoms with Gasteiger partial charge in [0, 0.05) is 115 Å². The summed E-state index contributed by atoms with van der Waals surface area (Å²) in [6, 6.07) is 31.9. The van der Waals surface area contributed by atoms with Crippen molar-refractivity contribution in [3.05, 3.63) is 177 Å². The number of nitrogens with zero attached hydrogens (tertiary/aromatic N) is 4. The van der Waals surface area contributed by atoms with Gasteiger partial charge in [-0.25, -0.2) is 17.6 Å². The fourth-order valence-electron chi connectivity index (χ4n) is 11.9. The number of piperidine rings is 2. The van der Waals surface area contributed by atoms with Gasteiger partial charge in [0.05, 0.1) is 47.1 Å². The normalized spacial score (nSPS) is 15.8. The molecule has 85 heavy (non-hydrogen) atoms. The number of aliphatic hydroxyl groups excluding tert-OH is 1. The Bertz CT molecular complexity index is 3160. The van der Waals surface area contributed by atoms with E-state index in [2.05, 4.69) is 48.5 Å². The van der Waals surface area contributed by atoms with Crippen molar-refractivity contribution in [3.8, 4) is 23.0 Å². The number of nitrogens with one attached hydrogen (secondary N) is 2. The maximum absolute atomic E-state index is 14.0. The van der Waals surface area contributed by atoms with E-state index in [1.54, 1.807) is 28.4 Å². The first-order chi connectivity index (χ1) is 41.3. The Labute approximate surface area is 505 Å². The lowest BCUT2D eigenvalue weighted by Gasteiger charge is -2.34. The van der Waals surface area contributed by atoms with Crippen molar-refractivity contribution in [2.45, 2.75) is 101 Å². The second-order valence-electron chi connectivity index (χ2n) is 21.4. The van der Waals surface area contributed by atoms with Crippen LogP contribution in [0.25, 0.3) is 0 Å². The Hall–Kier alpha value is -6.90. The molecule has 4 aliphatic heterocycles. The lowest BCUT2D eigenvalue weighted by atomic mass is 9.99.